The first-order valence-electron chi connectivity index (χ1n) is 18.6. The summed E-state index contributed by atoms with van der Waals surface area (Å²) in [5.41, 5.74) is 3.71. The summed E-state index contributed by atoms with van der Waals surface area (Å²) in [4.78, 5) is 48.1. The van der Waals surface area contributed by atoms with Crippen molar-refractivity contribution in [3.63, 3.8) is 0 Å². The van der Waals surface area contributed by atoms with Crippen LogP contribution >= 0.6 is 0 Å². The number of aliphatic carboxylic acids is 1. The van der Waals surface area contributed by atoms with Crippen molar-refractivity contribution in [3.8, 4) is 28.3 Å². The van der Waals surface area contributed by atoms with Crippen LogP contribution in [0.3, 0.4) is 0 Å². The van der Waals surface area contributed by atoms with Crippen LogP contribution in [0.25, 0.3) is 22.5 Å². The maximum Gasteiger partial charge on any atom is 0.326 e. The fraction of sp³-hybridized carbons (Fsp3) is 0.432. The maximum atomic E-state index is 13.6. The number of aromatic nitrogens is 2. The smallest absolute Gasteiger partial charge is 0.326 e. The molecule has 1 aromatic heterocycles. The number of benzene rings is 2. The summed E-state index contributed by atoms with van der Waals surface area (Å²) in [6.45, 7) is 20.2. The molecule has 0 radical (unpaired) electrons. The van der Waals surface area contributed by atoms with Gasteiger partial charge in [0.15, 0.2) is 5.82 Å². The number of amides is 2. The molecule has 2 atom stereocenters. The number of ether oxygens (including phenoxy) is 1. The average molecular weight is 723 g/mol. The summed E-state index contributed by atoms with van der Waals surface area (Å²) in [7, 11) is 0. The van der Waals surface area contributed by atoms with E-state index in [1.165, 1.54) is 25.7 Å². The molecule has 0 aliphatic carbocycles. The molecule has 0 unspecified atom stereocenters. The lowest BCUT2D eigenvalue weighted by Gasteiger charge is -2.29. The lowest BCUT2D eigenvalue weighted by atomic mass is 9.86. The van der Waals surface area contributed by atoms with Crippen molar-refractivity contribution in [2.75, 3.05) is 6.61 Å². The van der Waals surface area contributed by atoms with E-state index < -0.39 is 35.3 Å². The molecular weight excluding hydrogens is 665 g/mol. The molecule has 0 fully saturated rings. The van der Waals surface area contributed by atoms with Crippen molar-refractivity contribution in [2.24, 2.45) is 10.8 Å². The third-order valence-corrected chi connectivity index (χ3v) is 8.96. The van der Waals surface area contributed by atoms with E-state index in [9.17, 15) is 19.5 Å². The number of unbranched alkanes of at least 4 members (excludes halogenated alkanes) is 4. The Balaban J connectivity index is 1.73. The van der Waals surface area contributed by atoms with E-state index in [1.54, 1.807) is 39.2 Å². The molecule has 1 heterocycles. The Bertz CT molecular complexity index is 1730. The first-order chi connectivity index (χ1) is 25.0. The standard InChI is InChI=1S/C44H58N4O5/c1-10-12-13-14-15-26-53-36-24-21-32(22-25-36)34-28-45-39(46-29-34)33-19-17-31(18-20-33)27-37(41(50)48-38(42(51)52)44(7,8)9)47-40(49)30(3)16-23-35(11-2)43(4,5)6/h11,16-25,28-29,37-38H,3,10,12-15,26-27H2,1-2,4-9H3,(H,47,49)(H,48,50)(H,51,52)/b23-16-,35-11+/t37-,38+/m0/s1. The molecule has 9 nitrogen and oxygen atoms in total. The fourth-order valence-corrected chi connectivity index (χ4v) is 5.69. The lowest BCUT2D eigenvalue weighted by Crippen LogP contribution is -2.56. The number of nitrogens with one attached hydrogen (secondary N) is 2. The Morgan fingerprint density at radius 2 is 1.43 bits per heavy atom. The Hall–Kier alpha value is -5.05. The molecule has 0 spiro atoms. The van der Waals surface area contributed by atoms with E-state index in [0.717, 1.165) is 40.0 Å². The monoisotopic (exact) mass is 722 g/mol. The zero-order valence-corrected chi connectivity index (χ0v) is 32.8. The number of carboxylic acids is 1. The highest BCUT2D eigenvalue weighted by molar-refractivity contribution is 5.99. The quantitative estimate of drug-likeness (QED) is 0.0679. The van der Waals surface area contributed by atoms with Gasteiger partial charge < -0.3 is 20.5 Å². The number of rotatable bonds is 18. The van der Waals surface area contributed by atoms with E-state index in [1.807, 2.05) is 67.6 Å². The highest BCUT2D eigenvalue weighted by Crippen LogP contribution is 2.27. The van der Waals surface area contributed by atoms with Crippen LogP contribution in [0.1, 0.15) is 93.1 Å². The predicted octanol–water partition coefficient (Wildman–Crippen LogP) is 8.91. The van der Waals surface area contributed by atoms with E-state index in [4.69, 9.17) is 4.74 Å². The summed E-state index contributed by atoms with van der Waals surface area (Å²) in [5, 5.41) is 15.3. The molecule has 3 rings (SSSR count). The zero-order valence-electron chi connectivity index (χ0n) is 32.8. The number of carbonyl (C=O) groups is 3. The van der Waals surface area contributed by atoms with Crippen LogP contribution in [0.5, 0.6) is 5.75 Å². The van der Waals surface area contributed by atoms with E-state index in [-0.39, 0.29) is 17.4 Å². The van der Waals surface area contributed by atoms with E-state index in [2.05, 4.69) is 54.9 Å². The molecule has 2 aromatic carbocycles. The van der Waals surface area contributed by atoms with Gasteiger partial charge in [-0.05, 0) is 59.1 Å². The number of carbonyl (C=O) groups excluding carboxylic acids is 2. The molecule has 0 aliphatic rings. The summed E-state index contributed by atoms with van der Waals surface area (Å²) in [6, 6.07) is 13.1. The van der Waals surface area contributed by atoms with Crippen molar-refractivity contribution in [3.05, 3.63) is 102 Å². The normalized spacial score (nSPS) is 13.3. The molecule has 9 heteroatoms. The molecule has 0 saturated carbocycles. The van der Waals surface area contributed by atoms with Crippen LogP contribution in [0.2, 0.25) is 0 Å². The number of hydrogen-bond acceptors (Lipinski definition) is 6. The topological polar surface area (TPSA) is 131 Å². The van der Waals surface area contributed by atoms with Crippen LogP contribution in [-0.2, 0) is 20.8 Å². The van der Waals surface area contributed by atoms with Crippen LogP contribution in [0, 0.1) is 10.8 Å². The molecule has 53 heavy (non-hydrogen) atoms. The molecule has 0 aliphatic heterocycles. The summed E-state index contributed by atoms with van der Waals surface area (Å²) >= 11 is 0. The van der Waals surface area contributed by atoms with Crippen molar-refractivity contribution < 1.29 is 24.2 Å². The highest BCUT2D eigenvalue weighted by Gasteiger charge is 2.35. The van der Waals surface area contributed by atoms with Crippen LogP contribution in [0.4, 0.5) is 0 Å². The van der Waals surface area contributed by atoms with E-state index in [0.29, 0.717) is 12.4 Å². The minimum absolute atomic E-state index is 0.117. The van der Waals surface area contributed by atoms with Gasteiger partial charge in [0.2, 0.25) is 5.91 Å². The number of allylic oxidation sites excluding steroid dienone is 3. The molecule has 3 N–H and O–H groups in total. The van der Waals surface area contributed by atoms with Gasteiger partial charge in [0.05, 0.1) is 6.61 Å². The second-order valence-electron chi connectivity index (χ2n) is 15.5. The molecule has 3 aromatic rings. The van der Waals surface area contributed by atoms with Crippen LogP contribution in [-0.4, -0.2) is 51.5 Å². The predicted molar refractivity (Wildman–Crippen MR) is 213 cm³/mol. The van der Waals surface area contributed by atoms with E-state index >= 15 is 0 Å². The van der Waals surface area contributed by atoms with Crippen LogP contribution < -0.4 is 15.4 Å². The van der Waals surface area contributed by atoms with Gasteiger partial charge in [-0.2, -0.15) is 0 Å². The Morgan fingerprint density at radius 3 is 1.98 bits per heavy atom. The number of hydrogen-bond donors (Lipinski definition) is 3. The van der Waals surface area contributed by atoms with Gasteiger partial charge in [-0.3, -0.25) is 9.59 Å². The molecule has 0 bridgehead atoms. The van der Waals surface area contributed by atoms with Gasteiger partial charge in [0.1, 0.15) is 17.8 Å². The zero-order chi connectivity index (χ0) is 39.2. The minimum Gasteiger partial charge on any atom is -0.494 e. The molecular formula is C44H58N4O5. The molecule has 284 valence electrons. The summed E-state index contributed by atoms with van der Waals surface area (Å²) < 4.78 is 5.89. The van der Waals surface area contributed by atoms with Gasteiger partial charge in [-0.25, -0.2) is 14.8 Å². The van der Waals surface area contributed by atoms with Crippen molar-refractivity contribution in [1.82, 2.24) is 20.6 Å². The first-order valence-corrected chi connectivity index (χ1v) is 18.6. The number of nitrogens with zero attached hydrogens (tertiary/aromatic N) is 2. The van der Waals surface area contributed by atoms with Gasteiger partial charge in [0, 0.05) is 35.5 Å². The van der Waals surface area contributed by atoms with Crippen molar-refractivity contribution in [1.29, 1.82) is 0 Å². The lowest BCUT2D eigenvalue weighted by molar-refractivity contribution is -0.145. The third-order valence-electron chi connectivity index (χ3n) is 8.96. The molecule has 2 amide bonds. The average Bonchev–Trinajstić information content (AvgIpc) is 3.11. The Labute approximate surface area is 316 Å². The molecule has 0 saturated heterocycles. The number of carboxylic acid groups (broad SMARTS) is 1. The van der Waals surface area contributed by atoms with Gasteiger partial charge in [-0.15, -0.1) is 0 Å². The Morgan fingerprint density at radius 1 is 0.830 bits per heavy atom. The van der Waals surface area contributed by atoms with Crippen LogP contribution in [0.15, 0.2) is 96.9 Å². The largest absolute Gasteiger partial charge is 0.494 e. The van der Waals surface area contributed by atoms with Gasteiger partial charge >= 0.3 is 5.97 Å². The maximum absolute atomic E-state index is 13.6. The van der Waals surface area contributed by atoms with Gasteiger partial charge in [-0.1, -0.05) is 129 Å². The fourth-order valence-electron chi connectivity index (χ4n) is 5.69. The summed E-state index contributed by atoms with van der Waals surface area (Å²) in [5.74, 6) is -0.906. The first kappa shape index (κ1) is 42.4. The minimum atomic E-state index is -1.17. The SMILES string of the molecule is C=C(/C=C\C(=C/C)C(C)(C)C)C(=O)N[C@@H](Cc1ccc(-c2ncc(-c3ccc(OCCCCCCC)cc3)cn2)cc1)C(=O)N[C@H](C(=O)O)C(C)(C)C. The van der Waals surface area contributed by atoms with Crippen molar-refractivity contribution >= 4 is 17.8 Å². The second kappa shape index (κ2) is 19.7. The summed E-state index contributed by atoms with van der Waals surface area (Å²) in [6.07, 6.45) is 15.1. The highest BCUT2D eigenvalue weighted by atomic mass is 16.5. The third kappa shape index (κ3) is 13.5. The van der Waals surface area contributed by atoms with Crippen molar-refractivity contribution in [2.45, 2.75) is 106 Å². The second-order valence-corrected chi connectivity index (χ2v) is 15.5. The Kier molecular flexibility index (Phi) is 15.7. The van der Waals surface area contributed by atoms with Gasteiger partial charge in [0.25, 0.3) is 5.91 Å².